The highest BCUT2D eigenvalue weighted by Gasteiger charge is 2.50. The second-order valence-electron chi connectivity index (χ2n) is 9.68. The minimum atomic E-state index is -0.727. The number of carbonyl (C=O) groups is 2. The predicted molar refractivity (Wildman–Crippen MR) is 136 cm³/mol. The van der Waals surface area contributed by atoms with E-state index in [9.17, 15) is 14.7 Å². The summed E-state index contributed by atoms with van der Waals surface area (Å²) in [5.74, 6) is -0.213. The highest BCUT2D eigenvalue weighted by molar-refractivity contribution is 5.97. The summed E-state index contributed by atoms with van der Waals surface area (Å²) >= 11 is 0. The lowest BCUT2D eigenvalue weighted by Gasteiger charge is -2.52. The molecule has 0 bridgehead atoms. The molecule has 1 heterocycles. The van der Waals surface area contributed by atoms with E-state index in [0.29, 0.717) is 24.2 Å². The van der Waals surface area contributed by atoms with Crippen LogP contribution in [0.15, 0.2) is 48.5 Å². The van der Waals surface area contributed by atoms with E-state index in [4.69, 9.17) is 0 Å². The minimum Gasteiger partial charge on any atom is -0.389 e. The van der Waals surface area contributed by atoms with Gasteiger partial charge in [0, 0.05) is 49.4 Å². The normalized spacial score (nSPS) is 24.3. The maximum absolute atomic E-state index is 13.8. The number of carbonyl (C=O) groups excluding carboxylic acids is 2. The van der Waals surface area contributed by atoms with Crippen LogP contribution in [0.5, 0.6) is 0 Å². The van der Waals surface area contributed by atoms with E-state index < -0.39 is 5.60 Å². The molecular formula is C28H37N3O3. The molecule has 182 valence electrons. The van der Waals surface area contributed by atoms with Gasteiger partial charge in [-0.3, -0.25) is 9.59 Å². The van der Waals surface area contributed by atoms with Gasteiger partial charge < -0.3 is 20.2 Å². The molecule has 1 saturated carbocycles. The Kier molecular flexibility index (Phi) is 7.27. The molecule has 0 spiro atoms. The van der Waals surface area contributed by atoms with Crippen LogP contribution in [-0.2, 0) is 4.79 Å². The molecular weight excluding hydrogens is 426 g/mol. The summed E-state index contributed by atoms with van der Waals surface area (Å²) in [6, 6.07) is 15.5. The maximum atomic E-state index is 13.8. The van der Waals surface area contributed by atoms with Crippen molar-refractivity contribution in [2.45, 2.75) is 64.5 Å². The quantitative estimate of drug-likeness (QED) is 0.632. The average Bonchev–Trinajstić information content (AvgIpc) is 2.83. The number of nitrogens with one attached hydrogen (secondary N) is 1. The number of anilines is 2. The number of hydrogen-bond donors (Lipinski definition) is 2. The molecule has 0 aromatic heterocycles. The highest BCUT2D eigenvalue weighted by Crippen LogP contribution is 2.49. The number of amides is 2. The van der Waals surface area contributed by atoms with Gasteiger partial charge in [-0.25, -0.2) is 0 Å². The van der Waals surface area contributed by atoms with Crippen molar-refractivity contribution in [3.05, 3.63) is 59.7 Å². The van der Waals surface area contributed by atoms with Crippen LogP contribution < -0.4 is 10.2 Å². The molecule has 3 atom stereocenters. The fraction of sp³-hybridized carbons (Fsp3) is 0.500. The van der Waals surface area contributed by atoms with E-state index in [0.717, 1.165) is 44.3 Å². The Morgan fingerprint density at radius 2 is 1.82 bits per heavy atom. The Labute approximate surface area is 203 Å². The average molecular weight is 464 g/mol. The molecule has 2 fully saturated rings. The lowest BCUT2D eigenvalue weighted by atomic mass is 9.66. The van der Waals surface area contributed by atoms with Crippen molar-refractivity contribution in [1.82, 2.24) is 4.90 Å². The standard InChI is InChI=1S/C28H37N3O3/c1-4-30(5-2)24-14-12-21(13-15-24)26-25-11-6-7-16-28(25,34)17-18-31(26)27(33)22-9-8-10-23(19-22)29-20(3)32/h8-10,12-15,19,25-26,34H,4-7,11,16-18H2,1-3H3,(H,29,32)/t25-,26-,28+/m1/s1. The molecule has 0 unspecified atom stereocenters. The number of aliphatic hydroxyl groups is 1. The smallest absolute Gasteiger partial charge is 0.254 e. The first-order valence-corrected chi connectivity index (χ1v) is 12.6. The summed E-state index contributed by atoms with van der Waals surface area (Å²) in [6.45, 7) is 8.15. The van der Waals surface area contributed by atoms with Crippen molar-refractivity contribution in [2.24, 2.45) is 5.92 Å². The zero-order chi connectivity index (χ0) is 24.3. The van der Waals surface area contributed by atoms with Crippen molar-refractivity contribution >= 4 is 23.2 Å². The highest BCUT2D eigenvalue weighted by atomic mass is 16.3. The summed E-state index contributed by atoms with van der Waals surface area (Å²) < 4.78 is 0. The maximum Gasteiger partial charge on any atom is 0.254 e. The van der Waals surface area contributed by atoms with Crippen LogP contribution in [0.4, 0.5) is 11.4 Å². The van der Waals surface area contributed by atoms with E-state index in [-0.39, 0.29) is 23.8 Å². The predicted octanol–water partition coefficient (Wildman–Crippen LogP) is 5.00. The third-order valence-corrected chi connectivity index (χ3v) is 7.62. The van der Waals surface area contributed by atoms with Gasteiger partial charge in [-0.15, -0.1) is 0 Å². The summed E-state index contributed by atoms with van der Waals surface area (Å²) in [6.07, 6.45) is 4.41. The summed E-state index contributed by atoms with van der Waals surface area (Å²) in [5.41, 5.74) is 2.69. The summed E-state index contributed by atoms with van der Waals surface area (Å²) in [4.78, 5) is 29.6. The van der Waals surface area contributed by atoms with Gasteiger partial charge in [0.25, 0.3) is 5.91 Å². The Bertz CT molecular complexity index is 1020. The van der Waals surface area contributed by atoms with Gasteiger partial charge in [-0.05, 0) is 69.0 Å². The molecule has 6 nitrogen and oxygen atoms in total. The van der Waals surface area contributed by atoms with Crippen LogP contribution in [0.25, 0.3) is 0 Å². The van der Waals surface area contributed by atoms with Crippen LogP contribution in [0.3, 0.4) is 0 Å². The molecule has 2 amide bonds. The van der Waals surface area contributed by atoms with Crippen molar-refractivity contribution in [2.75, 3.05) is 29.9 Å². The number of piperidine rings is 1. The van der Waals surface area contributed by atoms with Crippen molar-refractivity contribution in [3.63, 3.8) is 0 Å². The molecule has 2 aliphatic rings. The second-order valence-corrected chi connectivity index (χ2v) is 9.68. The summed E-state index contributed by atoms with van der Waals surface area (Å²) in [7, 11) is 0. The topological polar surface area (TPSA) is 72.9 Å². The Balaban J connectivity index is 1.69. The van der Waals surface area contributed by atoms with Gasteiger partial charge in [0.2, 0.25) is 5.91 Å². The van der Waals surface area contributed by atoms with Gasteiger partial charge in [-0.2, -0.15) is 0 Å². The molecule has 6 heteroatoms. The number of hydrogen-bond acceptors (Lipinski definition) is 4. The molecule has 1 aliphatic heterocycles. The minimum absolute atomic E-state index is 0.0109. The van der Waals surface area contributed by atoms with Crippen LogP contribution in [-0.4, -0.2) is 47.1 Å². The van der Waals surface area contributed by atoms with Gasteiger partial charge in [0.05, 0.1) is 11.6 Å². The van der Waals surface area contributed by atoms with Crippen LogP contribution in [0.1, 0.15) is 74.8 Å². The molecule has 0 radical (unpaired) electrons. The Morgan fingerprint density at radius 3 is 2.50 bits per heavy atom. The lowest BCUT2D eigenvalue weighted by molar-refractivity contribution is -0.115. The molecule has 2 N–H and O–H groups in total. The Hall–Kier alpha value is -2.86. The summed E-state index contributed by atoms with van der Waals surface area (Å²) in [5, 5.41) is 14.3. The molecule has 1 aliphatic carbocycles. The van der Waals surface area contributed by atoms with E-state index >= 15 is 0 Å². The number of benzene rings is 2. The Morgan fingerprint density at radius 1 is 1.09 bits per heavy atom. The number of nitrogens with zero attached hydrogens (tertiary/aromatic N) is 2. The van der Waals surface area contributed by atoms with E-state index in [2.05, 4.69) is 48.3 Å². The van der Waals surface area contributed by atoms with Gasteiger partial charge >= 0.3 is 0 Å². The van der Waals surface area contributed by atoms with E-state index in [1.54, 1.807) is 24.3 Å². The fourth-order valence-electron chi connectivity index (χ4n) is 5.89. The zero-order valence-electron chi connectivity index (χ0n) is 20.6. The van der Waals surface area contributed by atoms with Gasteiger partial charge in [0.1, 0.15) is 0 Å². The van der Waals surface area contributed by atoms with Crippen LogP contribution in [0.2, 0.25) is 0 Å². The first-order chi connectivity index (χ1) is 16.4. The van der Waals surface area contributed by atoms with Crippen LogP contribution >= 0.6 is 0 Å². The number of rotatable bonds is 6. The van der Waals surface area contributed by atoms with Crippen molar-refractivity contribution in [3.8, 4) is 0 Å². The molecule has 1 saturated heterocycles. The van der Waals surface area contributed by atoms with E-state index in [1.165, 1.54) is 12.6 Å². The van der Waals surface area contributed by atoms with Crippen molar-refractivity contribution < 1.29 is 14.7 Å². The second kappa shape index (κ2) is 10.2. The van der Waals surface area contributed by atoms with Gasteiger partial charge in [0.15, 0.2) is 0 Å². The molecule has 34 heavy (non-hydrogen) atoms. The molecule has 4 rings (SSSR count). The fourth-order valence-corrected chi connectivity index (χ4v) is 5.89. The first kappa shape index (κ1) is 24.3. The largest absolute Gasteiger partial charge is 0.389 e. The number of likely N-dealkylation sites (tertiary alicyclic amines) is 1. The number of fused-ring (bicyclic) bond motifs is 1. The zero-order valence-corrected chi connectivity index (χ0v) is 20.6. The SMILES string of the molecule is CCN(CC)c1ccc([C@@H]2[C@H]3CCCC[C@]3(O)CCN2C(=O)c2cccc(NC(C)=O)c2)cc1. The van der Waals surface area contributed by atoms with Gasteiger partial charge in [-0.1, -0.05) is 31.0 Å². The molecule has 2 aromatic rings. The monoisotopic (exact) mass is 463 g/mol. The third kappa shape index (κ3) is 4.83. The first-order valence-electron chi connectivity index (χ1n) is 12.6. The molecule has 2 aromatic carbocycles. The van der Waals surface area contributed by atoms with Crippen LogP contribution in [0, 0.1) is 5.92 Å². The lowest BCUT2D eigenvalue weighted by Crippen LogP contribution is -2.56. The van der Waals surface area contributed by atoms with Crippen molar-refractivity contribution in [1.29, 1.82) is 0 Å². The van der Waals surface area contributed by atoms with E-state index in [1.807, 2.05) is 4.90 Å². The third-order valence-electron chi connectivity index (χ3n) is 7.62.